The number of benzene rings is 3. The van der Waals surface area contributed by atoms with Crippen LogP contribution < -0.4 is 4.90 Å². The summed E-state index contributed by atoms with van der Waals surface area (Å²) in [4.78, 5) is 2.23. The van der Waals surface area contributed by atoms with Crippen LogP contribution in [0.3, 0.4) is 0 Å². The lowest BCUT2D eigenvalue weighted by Crippen LogP contribution is -2.15. The molecule has 1 heterocycles. The van der Waals surface area contributed by atoms with Crippen LogP contribution in [0.2, 0.25) is 0 Å². The van der Waals surface area contributed by atoms with Crippen molar-refractivity contribution in [2.45, 2.75) is 41.0 Å². The van der Waals surface area contributed by atoms with Gasteiger partial charge in [-0.3, -0.25) is 0 Å². The van der Waals surface area contributed by atoms with Gasteiger partial charge >= 0.3 is 0 Å². The van der Waals surface area contributed by atoms with Crippen molar-refractivity contribution < 1.29 is 0 Å². The first kappa shape index (κ1) is 30.9. The average molecular weight is 538 g/mol. The minimum atomic E-state index is 0.885. The van der Waals surface area contributed by atoms with Crippen LogP contribution in [0.1, 0.15) is 38.8 Å². The van der Waals surface area contributed by atoms with Gasteiger partial charge in [-0.1, -0.05) is 128 Å². The van der Waals surface area contributed by atoms with Gasteiger partial charge in [0, 0.05) is 17.1 Å². The highest BCUT2D eigenvalue weighted by Crippen LogP contribution is 2.36. The number of hydrogen-bond donors (Lipinski definition) is 0. The Labute approximate surface area is 248 Å². The fourth-order valence-electron chi connectivity index (χ4n) is 4.59. The van der Waals surface area contributed by atoms with Crippen molar-refractivity contribution in [3.05, 3.63) is 180 Å². The van der Waals surface area contributed by atoms with Crippen molar-refractivity contribution in [2.24, 2.45) is 0 Å². The number of rotatable bonds is 6. The van der Waals surface area contributed by atoms with Gasteiger partial charge in [-0.15, -0.1) is 0 Å². The van der Waals surface area contributed by atoms with Gasteiger partial charge in [-0.2, -0.15) is 0 Å². The maximum absolute atomic E-state index is 4.31. The van der Waals surface area contributed by atoms with Crippen molar-refractivity contribution in [1.82, 2.24) is 0 Å². The quantitative estimate of drug-likeness (QED) is 0.283. The summed E-state index contributed by atoms with van der Waals surface area (Å²) < 4.78 is 0. The van der Waals surface area contributed by atoms with Gasteiger partial charge in [0.2, 0.25) is 0 Å². The molecular weight excluding hydrogens is 494 g/mol. The Hall–Kier alpha value is -4.62. The van der Waals surface area contributed by atoms with Crippen LogP contribution in [-0.4, -0.2) is 0 Å². The summed E-state index contributed by atoms with van der Waals surface area (Å²) in [5.41, 5.74) is 12.0. The largest absolute Gasteiger partial charge is 0.311 e. The van der Waals surface area contributed by atoms with Crippen molar-refractivity contribution in [3.8, 4) is 11.1 Å². The Balaban J connectivity index is 0.000000282. The summed E-state index contributed by atoms with van der Waals surface area (Å²) >= 11 is 0. The molecule has 0 spiro atoms. The van der Waals surface area contributed by atoms with E-state index in [9.17, 15) is 0 Å². The number of aryl methyl sites for hydroxylation is 1. The first-order valence-electron chi connectivity index (χ1n) is 14.2. The third kappa shape index (κ3) is 8.95. The number of hydrogen-bond acceptors (Lipinski definition) is 1. The van der Waals surface area contributed by atoms with Gasteiger partial charge in [-0.25, -0.2) is 0 Å². The molecule has 0 aliphatic carbocycles. The number of nitrogens with zero attached hydrogens (tertiary/aromatic N) is 1. The van der Waals surface area contributed by atoms with E-state index in [0.717, 1.165) is 17.8 Å². The predicted octanol–water partition coefficient (Wildman–Crippen LogP) is 11.6. The van der Waals surface area contributed by atoms with Crippen LogP contribution in [-0.2, 0) is 6.42 Å². The van der Waals surface area contributed by atoms with Crippen molar-refractivity contribution in [2.75, 3.05) is 4.90 Å². The Morgan fingerprint density at radius 3 is 2.17 bits per heavy atom. The summed E-state index contributed by atoms with van der Waals surface area (Å²) in [5, 5.41) is 0. The van der Waals surface area contributed by atoms with Crippen molar-refractivity contribution >= 4 is 11.4 Å². The summed E-state index contributed by atoms with van der Waals surface area (Å²) in [6.45, 7) is 18.4. The predicted molar refractivity (Wildman–Crippen MR) is 183 cm³/mol. The third-order valence-corrected chi connectivity index (χ3v) is 6.80. The van der Waals surface area contributed by atoms with E-state index in [2.05, 4.69) is 148 Å². The highest BCUT2D eigenvalue weighted by atomic mass is 15.1. The Bertz CT molecular complexity index is 1500. The monoisotopic (exact) mass is 537 g/mol. The zero-order valence-corrected chi connectivity index (χ0v) is 25.3. The Morgan fingerprint density at radius 2 is 1.51 bits per heavy atom. The molecule has 0 unspecified atom stereocenters. The SMILES string of the molecule is C=C/C(C)=C(/C=C\C)\C=C(C)\C=C\C.C=C1/C=C\C=C/Cc2cc(-c3ccc(C)cc3)ccc2N1c1ccccc1. The van der Waals surface area contributed by atoms with Gasteiger partial charge in [0.1, 0.15) is 0 Å². The van der Waals surface area contributed by atoms with Gasteiger partial charge in [0.15, 0.2) is 0 Å². The van der Waals surface area contributed by atoms with E-state index in [1.54, 1.807) is 0 Å². The second-order valence-corrected chi connectivity index (χ2v) is 10.1. The molecule has 0 atom stereocenters. The molecule has 0 aromatic heterocycles. The minimum Gasteiger partial charge on any atom is -0.311 e. The summed E-state index contributed by atoms with van der Waals surface area (Å²) in [6.07, 6.45) is 21.6. The molecule has 41 heavy (non-hydrogen) atoms. The topological polar surface area (TPSA) is 3.24 Å². The molecule has 0 bridgehead atoms. The van der Waals surface area contributed by atoms with E-state index >= 15 is 0 Å². The van der Waals surface area contributed by atoms with Crippen LogP contribution in [0.25, 0.3) is 11.1 Å². The lowest BCUT2D eigenvalue weighted by molar-refractivity contribution is 1.17. The van der Waals surface area contributed by atoms with E-state index in [0.29, 0.717) is 0 Å². The number of anilines is 2. The fraction of sp³-hybridized carbons (Fsp3) is 0.150. The first-order chi connectivity index (χ1) is 19.9. The molecule has 1 aliphatic rings. The highest BCUT2D eigenvalue weighted by Gasteiger charge is 2.16. The second kappa shape index (κ2) is 15.8. The molecule has 4 rings (SSSR count). The summed E-state index contributed by atoms with van der Waals surface area (Å²) in [7, 11) is 0. The fourth-order valence-corrected chi connectivity index (χ4v) is 4.59. The van der Waals surface area contributed by atoms with Gasteiger partial charge < -0.3 is 4.90 Å². The first-order valence-corrected chi connectivity index (χ1v) is 14.2. The molecule has 1 heteroatoms. The summed E-state index contributed by atoms with van der Waals surface area (Å²) in [5.74, 6) is 0. The van der Waals surface area contributed by atoms with Crippen LogP contribution in [0, 0.1) is 6.92 Å². The molecule has 1 aliphatic heterocycles. The lowest BCUT2D eigenvalue weighted by atomic mass is 9.98. The smallest absolute Gasteiger partial charge is 0.0496 e. The van der Waals surface area contributed by atoms with E-state index in [-0.39, 0.29) is 0 Å². The molecule has 1 nitrogen and oxygen atoms in total. The van der Waals surface area contributed by atoms with E-state index in [4.69, 9.17) is 0 Å². The maximum atomic E-state index is 4.31. The van der Waals surface area contributed by atoms with Gasteiger partial charge in [0.25, 0.3) is 0 Å². The maximum Gasteiger partial charge on any atom is 0.0496 e. The highest BCUT2D eigenvalue weighted by molar-refractivity contribution is 5.76. The number of fused-ring (bicyclic) bond motifs is 1. The minimum absolute atomic E-state index is 0.885. The second-order valence-electron chi connectivity index (χ2n) is 10.1. The van der Waals surface area contributed by atoms with Crippen LogP contribution in [0.4, 0.5) is 11.4 Å². The third-order valence-electron chi connectivity index (χ3n) is 6.80. The van der Waals surface area contributed by atoms with E-state index in [1.807, 2.05) is 38.1 Å². The molecule has 0 amide bonds. The lowest BCUT2D eigenvalue weighted by Gasteiger charge is -2.28. The van der Waals surface area contributed by atoms with Gasteiger partial charge in [-0.05, 0) is 99.2 Å². The van der Waals surface area contributed by atoms with Crippen molar-refractivity contribution in [1.29, 1.82) is 0 Å². The summed E-state index contributed by atoms with van der Waals surface area (Å²) in [6, 6.07) is 25.9. The number of allylic oxidation sites excluding steroid dienone is 13. The molecule has 0 fully saturated rings. The molecule has 3 aromatic carbocycles. The average Bonchev–Trinajstić information content (AvgIpc) is 3.06. The number of para-hydroxylation sites is 1. The molecule has 0 radical (unpaired) electrons. The molecule has 0 saturated heterocycles. The zero-order chi connectivity index (χ0) is 29.6. The van der Waals surface area contributed by atoms with Gasteiger partial charge in [0.05, 0.1) is 0 Å². The zero-order valence-electron chi connectivity index (χ0n) is 25.3. The van der Waals surface area contributed by atoms with Crippen LogP contribution in [0.15, 0.2) is 169 Å². The standard InChI is InChI=1S/C26H23N.C14H20/c1-20-13-15-22(16-14-20)23-17-18-26-24(19-23)10-6-3-5-9-21(2)27(26)25-11-7-4-8-12-25;1-6-9-12(4)11-14(10-7-2)13(5)8-3/h3-9,11-19H,2,10H2,1H3;6-11H,3H2,1-2,4-5H3/b6-3-,9-5-;9-6+,10-7-,12-11+,14-13-. The molecule has 208 valence electrons. The molecule has 0 saturated carbocycles. The normalized spacial score (nSPS) is 15.7. The Morgan fingerprint density at radius 1 is 0.829 bits per heavy atom. The van der Waals surface area contributed by atoms with Crippen LogP contribution in [0.5, 0.6) is 0 Å². The molecular formula is C40H43N. The van der Waals surface area contributed by atoms with E-state index in [1.165, 1.54) is 44.7 Å². The van der Waals surface area contributed by atoms with Crippen LogP contribution >= 0.6 is 0 Å². The van der Waals surface area contributed by atoms with Crippen molar-refractivity contribution in [3.63, 3.8) is 0 Å². The Kier molecular flexibility index (Phi) is 11.9. The molecule has 0 N–H and O–H groups in total. The van der Waals surface area contributed by atoms with E-state index < -0.39 is 0 Å². The molecule has 3 aromatic rings.